The molecule has 0 bridgehead atoms. The number of anilines is 1. The number of hydrogen-bond donors (Lipinski definition) is 2. The molecule has 1 amide bonds. The molecule has 0 saturated heterocycles. The van der Waals surface area contributed by atoms with Crippen molar-refractivity contribution in [1.29, 1.82) is 0 Å². The Balaban J connectivity index is 2.83. The average molecular weight is 353 g/mol. The van der Waals surface area contributed by atoms with Gasteiger partial charge in [0.2, 0.25) is 5.91 Å². The fourth-order valence-electron chi connectivity index (χ4n) is 1.80. The number of nitrogens with one attached hydrogen (secondary N) is 1. The van der Waals surface area contributed by atoms with Gasteiger partial charge in [0.1, 0.15) is 0 Å². The summed E-state index contributed by atoms with van der Waals surface area (Å²) in [6.45, 7) is 2.81. The lowest BCUT2D eigenvalue weighted by molar-refractivity contribution is -0.139. The second kappa shape index (κ2) is 7.65. The summed E-state index contributed by atoms with van der Waals surface area (Å²) < 4.78 is 38.3. The number of nitrogens with zero attached hydrogens (tertiary/aromatic N) is 1. The Bertz CT molecular complexity index is 591. The normalized spacial score (nSPS) is 11.8. The van der Waals surface area contributed by atoms with Crippen molar-refractivity contribution < 1.29 is 27.9 Å². The zero-order chi connectivity index (χ0) is 17.8. The van der Waals surface area contributed by atoms with E-state index in [2.05, 4.69) is 5.32 Å². The number of carboxylic acid groups (broad SMARTS) is 1. The second-order valence-corrected chi connectivity index (χ2v) is 5.54. The van der Waals surface area contributed by atoms with Crippen LogP contribution in [0.5, 0.6) is 0 Å². The number of carbonyl (C=O) groups excluding carboxylic acids is 1. The van der Waals surface area contributed by atoms with E-state index in [1.165, 1.54) is 11.0 Å². The molecule has 0 saturated carbocycles. The minimum absolute atomic E-state index is 0.0641. The highest BCUT2D eigenvalue weighted by Gasteiger charge is 2.33. The molecule has 0 fully saturated rings. The summed E-state index contributed by atoms with van der Waals surface area (Å²) in [7, 11) is 0. The molecule has 0 radical (unpaired) electrons. The largest absolute Gasteiger partial charge is 0.480 e. The Morgan fingerprint density at radius 3 is 2.39 bits per heavy atom. The molecule has 0 aliphatic heterocycles. The molecule has 1 aromatic carbocycles. The Morgan fingerprint density at radius 2 is 1.91 bits per heavy atom. The van der Waals surface area contributed by atoms with Crippen LogP contribution in [-0.4, -0.2) is 41.0 Å². The summed E-state index contributed by atoms with van der Waals surface area (Å²) in [5, 5.41) is 10.6. The van der Waals surface area contributed by atoms with E-state index in [-0.39, 0.29) is 24.8 Å². The maximum atomic E-state index is 12.8. The highest BCUT2D eigenvalue weighted by atomic mass is 35.5. The van der Waals surface area contributed by atoms with E-state index in [1.54, 1.807) is 13.8 Å². The predicted octanol–water partition coefficient (Wildman–Crippen LogP) is 3.09. The standard InChI is InChI=1S/C14H16ClF3N2O3/c1-8(2)20(7-13(22)23)6-12(21)19-9-3-4-11(15)10(5-9)14(16,17)18/h3-5,8H,6-7H2,1-2H3,(H,19,21)(H,22,23). The van der Waals surface area contributed by atoms with Gasteiger partial charge in [-0.3, -0.25) is 14.5 Å². The molecule has 0 aliphatic carbocycles. The zero-order valence-electron chi connectivity index (χ0n) is 12.4. The van der Waals surface area contributed by atoms with Crippen molar-refractivity contribution in [1.82, 2.24) is 4.90 Å². The molecular formula is C14H16ClF3N2O3. The van der Waals surface area contributed by atoms with Gasteiger partial charge in [-0.2, -0.15) is 13.2 Å². The first kappa shape index (κ1) is 19.2. The Kier molecular flexibility index (Phi) is 6.40. The number of alkyl halides is 3. The maximum absolute atomic E-state index is 12.8. The molecule has 5 nitrogen and oxygen atoms in total. The van der Waals surface area contributed by atoms with Crippen LogP contribution in [0.25, 0.3) is 0 Å². The third-order valence-corrected chi connectivity index (χ3v) is 3.30. The fourth-order valence-corrected chi connectivity index (χ4v) is 2.02. The summed E-state index contributed by atoms with van der Waals surface area (Å²) in [4.78, 5) is 24.0. The first-order valence-electron chi connectivity index (χ1n) is 6.63. The zero-order valence-corrected chi connectivity index (χ0v) is 13.2. The van der Waals surface area contributed by atoms with Gasteiger partial charge in [-0.25, -0.2) is 0 Å². The molecule has 0 aromatic heterocycles. The first-order valence-corrected chi connectivity index (χ1v) is 7.01. The Hall–Kier alpha value is -1.80. The minimum Gasteiger partial charge on any atom is -0.480 e. The van der Waals surface area contributed by atoms with Crippen LogP contribution < -0.4 is 5.32 Å². The van der Waals surface area contributed by atoms with Crippen molar-refractivity contribution in [2.24, 2.45) is 0 Å². The van der Waals surface area contributed by atoms with Crippen LogP contribution in [0.15, 0.2) is 18.2 Å². The molecule has 2 N–H and O–H groups in total. The topological polar surface area (TPSA) is 69.6 Å². The van der Waals surface area contributed by atoms with Gasteiger partial charge in [0.25, 0.3) is 0 Å². The number of hydrogen-bond acceptors (Lipinski definition) is 3. The molecule has 0 spiro atoms. The molecule has 23 heavy (non-hydrogen) atoms. The van der Waals surface area contributed by atoms with Crippen molar-refractivity contribution in [3.05, 3.63) is 28.8 Å². The minimum atomic E-state index is -4.63. The van der Waals surface area contributed by atoms with Crippen LogP contribution in [0.4, 0.5) is 18.9 Å². The molecule has 1 aromatic rings. The molecule has 1 rings (SSSR count). The van der Waals surface area contributed by atoms with Gasteiger partial charge in [-0.05, 0) is 32.0 Å². The third kappa shape index (κ3) is 6.07. The van der Waals surface area contributed by atoms with E-state index in [4.69, 9.17) is 16.7 Å². The van der Waals surface area contributed by atoms with E-state index in [9.17, 15) is 22.8 Å². The summed E-state index contributed by atoms with van der Waals surface area (Å²) in [5.41, 5.74) is -1.12. The van der Waals surface area contributed by atoms with Gasteiger partial charge in [0.05, 0.1) is 23.7 Å². The van der Waals surface area contributed by atoms with Gasteiger partial charge in [-0.1, -0.05) is 11.6 Å². The fraction of sp³-hybridized carbons (Fsp3) is 0.429. The molecule has 0 atom stereocenters. The number of rotatable bonds is 6. The molecular weight excluding hydrogens is 337 g/mol. The van der Waals surface area contributed by atoms with Crippen molar-refractivity contribution in [2.45, 2.75) is 26.1 Å². The van der Waals surface area contributed by atoms with Gasteiger partial charge in [-0.15, -0.1) is 0 Å². The van der Waals surface area contributed by atoms with Crippen LogP contribution in [0.2, 0.25) is 5.02 Å². The van der Waals surface area contributed by atoms with E-state index in [1.807, 2.05) is 0 Å². The van der Waals surface area contributed by atoms with E-state index in [0.29, 0.717) is 0 Å². The molecule has 0 unspecified atom stereocenters. The van der Waals surface area contributed by atoms with E-state index in [0.717, 1.165) is 12.1 Å². The van der Waals surface area contributed by atoms with Crippen LogP contribution in [0, 0.1) is 0 Å². The van der Waals surface area contributed by atoms with E-state index < -0.39 is 28.6 Å². The quantitative estimate of drug-likeness (QED) is 0.825. The lowest BCUT2D eigenvalue weighted by Crippen LogP contribution is -2.41. The van der Waals surface area contributed by atoms with Crippen molar-refractivity contribution in [2.75, 3.05) is 18.4 Å². The van der Waals surface area contributed by atoms with Crippen molar-refractivity contribution in [3.63, 3.8) is 0 Å². The summed E-state index contributed by atoms with van der Waals surface area (Å²) in [6, 6.07) is 2.80. The van der Waals surface area contributed by atoms with Crippen molar-refractivity contribution >= 4 is 29.2 Å². The first-order chi connectivity index (χ1) is 10.5. The number of carbonyl (C=O) groups is 2. The highest BCUT2D eigenvalue weighted by Crippen LogP contribution is 2.36. The highest BCUT2D eigenvalue weighted by molar-refractivity contribution is 6.31. The maximum Gasteiger partial charge on any atom is 0.417 e. The van der Waals surface area contributed by atoms with Gasteiger partial charge in [0, 0.05) is 11.7 Å². The van der Waals surface area contributed by atoms with Crippen LogP contribution in [0.3, 0.4) is 0 Å². The molecule has 9 heteroatoms. The smallest absolute Gasteiger partial charge is 0.417 e. The Morgan fingerprint density at radius 1 is 1.30 bits per heavy atom. The average Bonchev–Trinajstić information content (AvgIpc) is 2.38. The number of amides is 1. The number of aliphatic carboxylic acids is 1. The van der Waals surface area contributed by atoms with Gasteiger partial charge >= 0.3 is 12.1 Å². The number of benzene rings is 1. The predicted molar refractivity (Wildman–Crippen MR) is 79.4 cm³/mol. The van der Waals surface area contributed by atoms with Crippen LogP contribution >= 0.6 is 11.6 Å². The number of carboxylic acids is 1. The summed E-state index contributed by atoms with van der Waals surface area (Å²) >= 11 is 5.49. The Labute approximate surface area is 136 Å². The molecule has 0 heterocycles. The second-order valence-electron chi connectivity index (χ2n) is 5.13. The van der Waals surface area contributed by atoms with Crippen molar-refractivity contribution in [3.8, 4) is 0 Å². The third-order valence-electron chi connectivity index (χ3n) is 2.97. The number of halogens is 4. The van der Waals surface area contributed by atoms with Crippen LogP contribution in [0.1, 0.15) is 19.4 Å². The van der Waals surface area contributed by atoms with Crippen LogP contribution in [-0.2, 0) is 15.8 Å². The molecule has 0 aliphatic rings. The summed E-state index contributed by atoms with van der Waals surface area (Å²) in [6.07, 6.45) is -4.63. The monoisotopic (exact) mass is 352 g/mol. The van der Waals surface area contributed by atoms with Gasteiger partial charge in [0.15, 0.2) is 0 Å². The molecule has 128 valence electrons. The lowest BCUT2D eigenvalue weighted by atomic mass is 10.2. The van der Waals surface area contributed by atoms with Gasteiger partial charge < -0.3 is 10.4 Å². The lowest BCUT2D eigenvalue weighted by Gasteiger charge is -2.23. The van der Waals surface area contributed by atoms with E-state index >= 15 is 0 Å². The summed E-state index contributed by atoms with van der Waals surface area (Å²) in [5.74, 6) is -1.72. The SMILES string of the molecule is CC(C)N(CC(=O)O)CC(=O)Nc1ccc(Cl)c(C(F)(F)F)c1.